The van der Waals surface area contributed by atoms with Crippen LogP contribution in [-0.2, 0) is 9.53 Å². The zero-order valence-corrected chi connectivity index (χ0v) is 9.76. The number of ether oxygens (including phenoxy) is 1. The van der Waals surface area contributed by atoms with E-state index < -0.39 is 11.6 Å². The summed E-state index contributed by atoms with van der Waals surface area (Å²) in [6.45, 7) is 9.65. The van der Waals surface area contributed by atoms with Gasteiger partial charge in [-0.15, -0.1) is 0 Å². The highest BCUT2D eigenvalue weighted by atomic mass is 16.5. The maximum absolute atomic E-state index is 11.4. The van der Waals surface area contributed by atoms with E-state index in [2.05, 4.69) is 5.32 Å². The van der Waals surface area contributed by atoms with Gasteiger partial charge in [-0.2, -0.15) is 0 Å². The fraction of sp³-hybridized carbons (Fsp3) is 0.900. The predicted molar refractivity (Wildman–Crippen MR) is 57.0 cm³/mol. The molecule has 0 aliphatic heterocycles. The summed E-state index contributed by atoms with van der Waals surface area (Å²) >= 11 is 0. The van der Waals surface area contributed by atoms with Gasteiger partial charge in [0.1, 0.15) is 6.10 Å². The van der Waals surface area contributed by atoms with Gasteiger partial charge in [-0.1, -0.05) is 0 Å². The van der Waals surface area contributed by atoms with E-state index in [0.717, 1.165) is 0 Å². The average Bonchev–Trinajstić information content (AvgIpc) is 1.97. The minimum atomic E-state index is -0.444. The molecule has 0 radical (unpaired) electrons. The van der Waals surface area contributed by atoms with E-state index in [-0.39, 0.29) is 11.9 Å². The van der Waals surface area contributed by atoms with E-state index in [0.29, 0.717) is 6.61 Å². The van der Waals surface area contributed by atoms with Crippen molar-refractivity contribution < 1.29 is 9.53 Å². The Morgan fingerprint density at radius 3 is 2.29 bits per heavy atom. The molecule has 0 spiro atoms. The Balaban J connectivity index is 3.85. The summed E-state index contributed by atoms with van der Waals surface area (Å²) in [6.07, 6.45) is -0.444. The van der Waals surface area contributed by atoms with Crippen LogP contribution in [0.15, 0.2) is 0 Å². The Labute approximate surface area is 86.2 Å². The average molecular weight is 202 g/mol. The van der Waals surface area contributed by atoms with Crippen LogP contribution < -0.4 is 11.1 Å². The lowest BCUT2D eigenvalue weighted by Crippen LogP contribution is -2.43. The van der Waals surface area contributed by atoms with Gasteiger partial charge in [-0.25, -0.2) is 0 Å². The highest BCUT2D eigenvalue weighted by molar-refractivity contribution is 5.80. The third-order valence-corrected chi connectivity index (χ3v) is 1.51. The molecule has 0 aromatic rings. The first-order valence-corrected chi connectivity index (χ1v) is 4.93. The first-order valence-electron chi connectivity index (χ1n) is 4.93. The largest absolute Gasteiger partial charge is 0.367 e. The number of carbonyl (C=O) groups is 1. The Kier molecular flexibility index (Phi) is 5.08. The van der Waals surface area contributed by atoms with Crippen LogP contribution in [0.1, 0.15) is 34.6 Å². The molecule has 84 valence electrons. The van der Waals surface area contributed by atoms with Gasteiger partial charge >= 0.3 is 0 Å². The van der Waals surface area contributed by atoms with Crippen molar-refractivity contribution in [3.05, 3.63) is 0 Å². The molecule has 0 aliphatic carbocycles. The predicted octanol–water partition coefficient (Wildman–Crippen LogP) is 0.653. The minimum Gasteiger partial charge on any atom is -0.367 e. The van der Waals surface area contributed by atoms with Crippen LogP contribution in [0.5, 0.6) is 0 Å². The number of nitrogens with two attached hydrogens (primary N) is 1. The van der Waals surface area contributed by atoms with Gasteiger partial charge in [0, 0.05) is 11.6 Å². The molecular formula is C10H22N2O2. The van der Waals surface area contributed by atoms with Crippen molar-refractivity contribution >= 4 is 5.91 Å². The first kappa shape index (κ1) is 13.4. The summed E-state index contributed by atoms with van der Waals surface area (Å²) in [7, 11) is 0. The van der Waals surface area contributed by atoms with Crippen LogP contribution in [0.4, 0.5) is 0 Å². The number of hydrogen-bond acceptors (Lipinski definition) is 3. The van der Waals surface area contributed by atoms with Crippen molar-refractivity contribution in [1.29, 1.82) is 0 Å². The molecule has 4 heteroatoms. The zero-order valence-electron chi connectivity index (χ0n) is 9.76. The standard InChI is InChI=1S/C10H22N2O2/c1-7(2)12-9(13)8(3)14-6-10(4,5)11/h7-8H,6,11H2,1-5H3,(H,12,13). The van der Waals surface area contributed by atoms with E-state index >= 15 is 0 Å². The zero-order chi connectivity index (χ0) is 11.4. The van der Waals surface area contributed by atoms with E-state index in [9.17, 15) is 4.79 Å². The first-order chi connectivity index (χ1) is 6.22. The van der Waals surface area contributed by atoms with E-state index in [1.807, 2.05) is 27.7 Å². The highest BCUT2D eigenvalue weighted by Gasteiger charge is 2.18. The lowest BCUT2D eigenvalue weighted by molar-refractivity contribution is -0.133. The van der Waals surface area contributed by atoms with Crippen LogP contribution in [0.3, 0.4) is 0 Å². The molecule has 0 fully saturated rings. The third kappa shape index (κ3) is 6.86. The Bertz CT molecular complexity index is 185. The van der Waals surface area contributed by atoms with Crippen molar-refractivity contribution in [3.63, 3.8) is 0 Å². The molecule has 3 N–H and O–H groups in total. The van der Waals surface area contributed by atoms with Gasteiger partial charge in [0.2, 0.25) is 5.91 Å². The van der Waals surface area contributed by atoms with Crippen LogP contribution in [0, 0.1) is 0 Å². The Morgan fingerprint density at radius 1 is 1.43 bits per heavy atom. The lowest BCUT2D eigenvalue weighted by Gasteiger charge is -2.22. The molecular weight excluding hydrogens is 180 g/mol. The summed E-state index contributed by atoms with van der Waals surface area (Å²) in [5, 5.41) is 2.77. The second-order valence-corrected chi connectivity index (χ2v) is 4.61. The fourth-order valence-corrected chi connectivity index (χ4v) is 0.817. The molecule has 14 heavy (non-hydrogen) atoms. The molecule has 1 unspecified atom stereocenters. The lowest BCUT2D eigenvalue weighted by atomic mass is 10.1. The highest BCUT2D eigenvalue weighted by Crippen LogP contribution is 2.01. The number of amides is 1. The summed E-state index contributed by atoms with van der Waals surface area (Å²) in [5.41, 5.74) is 5.33. The molecule has 0 aliphatic rings. The Hall–Kier alpha value is -0.610. The topological polar surface area (TPSA) is 64.3 Å². The van der Waals surface area contributed by atoms with Gasteiger partial charge < -0.3 is 15.8 Å². The van der Waals surface area contributed by atoms with Crippen molar-refractivity contribution in [2.45, 2.75) is 52.3 Å². The number of rotatable bonds is 5. The summed E-state index contributed by atoms with van der Waals surface area (Å²) in [6, 6.07) is 0.138. The molecule has 4 nitrogen and oxygen atoms in total. The van der Waals surface area contributed by atoms with Crippen LogP contribution in [0.25, 0.3) is 0 Å². The normalized spacial score (nSPS) is 14.2. The molecule has 0 saturated carbocycles. The Morgan fingerprint density at radius 2 is 1.93 bits per heavy atom. The molecule has 0 rings (SSSR count). The number of nitrogens with one attached hydrogen (secondary N) is 1. The van der Waals surface area contributed by atoms with Gasteiger partial charge in [0.15, 0.2) is 0 Å². The molecule has 1 amide bonds. The van der Waals surface area contributed by atoms with Crippen molar-refractivity contribution in [3.8, 4) is 0 Å². The molecule has 0 aromatic carbocycles. The molecule has 0 saturated heterocycles. The summed E-state index contributed by atoms with van der Waals surface area (Å²) in [4.78, 5) is 11.4. The van der Waals surface area contributed by atoms with Gasteiger partial charge in [0.05, 0.1) is 6.61 Å². The SMILES string of the molecule is CC(C)NC(=O)C(C)OCC(C)(C)N. The summed E-state index contributed by atoms with van der Waals surface area (Å²) < 4.78 is 5.33. The quantitative estimate of drug-likeness (QED) is 0.688. The van der Waals surface area contributed by atoms with Crippen LogP contribution in [-0.4, -0.2) is 30.2 Å². The number of carbonyl (C=O) groups excluding carboxylic acids is 1. The minimum absolute atomic E-state index is 0.0933. The van der Waals surface area contributed by atoms with Crippen LogP contribution in [0.2, 0.25) is 0 Å². The second-order valence-electron chi connectivity index (χ2n) is 4.61. The van der Waals surface area contributed by atoms with Gasteiger partial charge in [-0.05, 0) is 34.6 Å². The van der Waals surface area contributed by atoms with Crippen molar-refractivity contribution in [1.82, 2.24) is 5.32 Å². The van der Waals surface area contributed by atoms with Crippen molar-refractivity contribution in [2.24, 2.45) is 5.73 Å². The smallest absolute Gasteiger partial charge is 0.249 e. The van der Waals surface area contributed by atoms with Crippen LogP contribution >= 0.6 is 0 Å². The molecule has 1 atom stereocenters. The monoisotopic (exact) mass is 202 g/mol. The molecule has 0 bridgehead atoms. The van der Waals surface area contributed by atoms with E-state index in [1.54, 1.807) is 6.92 Å². The summed E-state index contributed by atoms with van der Waals surface area (Å²) in [5.74, 6) is -0.0933. The second kappa shape index (κ2) is 5.32. The van der Waals surface area contributed by atoms with Crippen molar-refractivity contribution in [2.75, 3.05) is 6.61 Å². The van der Waals surface area contributed by atoms with E-state index in [1.165, 1.54) is 0 Å². The maximum atomic E-state index is 11.4. The molecule has 0 aromatic heterocycles. The maximum Gasteiger partial charge on any atom is 0.249 e. The number of hydrogen-bond donors (Lipinski definition) is 2. The fourth-order valence-electron chi connectivity index (χ4n) is 0.817. The van der Waals surface area contributed by atoms with Gasteiger partial charge in [-0.3, -0.25) is 4.79 Å². The van der Waals surface area contributed by atoms with E-state index in [4.69, 9.17) is 10.5 Å². The van der Waals surface area contributed by atoms with Gasteiger partial charge in [0.25, 0.3) is 0 Å². The molecule has 0 heterocycles. The third-order valence-electron chi connectivity index (χ3n) is 1.51.